The molecule has 1 aliphatic rings. The molecule has 0 atom stereocenters. The Hall–Kier alpha value is -1.80. The van der Waals surface area contributed by atoms with E-state index in [2.05, 4.69) is 4.99 Å². The van der Waals surface area contributed by atoms with Crippen LogP contribution in [0.3, 0.4) is 0 Å². The number of isocyanates is 1. The van der Waals surface area contributed by atoms with E-state index >= 15 is 0 Å². The van der Waals surface area contributed by atoms with Gasteiger partial charge in [-0.25, -0.2) is 9.18 Å². The summed E-state index contributed by atoms with van der Waals surface area (Å²) in [5.74, 6) is -0.377. The Morgan fingerprint density at radius 2 is 2.18 bits per heavy atom. The van der Waals surface area contributed by atoms with Gasteiger partial charge in [0.2, 0.25) is 6.08 Å². The highest BCUT2D eigenvalue weighted by Crippen LogP contribution is 2.46. The molecule has 0 saturated heterocycles. The molecule has 0 N–H and O–H groups in total. The lowest BCUT2D eigenvalue weighted by Crippen LogP contribution is -2.33. The Morgan fingerprint density at radius 1 is 1.47 bits per heavy atom. The predicted octanol–water partition coefficient (Wildman–Crippen LogP) is 2.66. The van der Waals surface area contributed by atoms with Gasteiger partial charge in [-0.15, -0.1) is 0 Å². The Morgan fingerprint density at radius 3 is 2.65 bits per heavy atom. The number of halogens is 1. The van der Waals surface area contributed by atoms with E-state index in [4.69, 9.17) is 0 Å². The van der Waals surface area contributed by atoms with E-state index in [0.717, 1.165) is 6.42 Å². The summed E-state index contributed by atoms with van der Waals surface area (Å²) >= 11 is 0. The molecule has 88 valence electrons. The van der Waals surface area contributed by atoms with Gasteiger partial charge in [0.15, 0.2) is 0 Å². The third-order valence-corrected chi connectivity index (χ3v) is 3.40. The molecule has 1 aromatic rings. The number of nitrogens with zero attached hydrogens (tertiary/aromatic N) is 1. The van der Waals surface area contributed by atoms with Crippen LogP contribution in [-0.2, 0) is 10.3 Å². The lowest BCUT2D eigenvalue weighted by Gasteiger charge is -2.38. The largest absolute Gasteiger partial charge is 0.298 e. The normalized spacial score (nSPS) is 16.8. The van der Waals surface area contributed by atoms with E-state index in [1.807, 2.05) is 0 Å². The molecule has 0 amide bonds. The molecule has 0 heterocycles. The third kappa shape index (κ3) is 1.81. The maximum absolute atomic E-state index is 13.6. The molecular weight excluding hydrogens is 221 g/mol. The SMILES string of the molecule is Cc1cc(C=O)c(C2(N=C=O)CCC2)cc1F. The summed E-state index contributed by atoms with van der Waals surface area (Å²) in [4.78, 5) is 25.3. The van der Waals surface area contributed by atoms with Gasteiger partial charge in [0.05, 0.1) is 5.54 Å². The average Bonchev–Trinajstić information content (AvgIpc) is 2.27. The number of aliphatic imine (C=N–C) groups is 1. The molecule has 2 rings (SSSR count). The highest BCUT2D eigenvalue weighted by Gasteiger charge is 2.40. The van der Waals surface area contributed by atoms with Gasteiger partial charge in [-0.1, -0.05) is 0 Å². The standard InChI is InChI=1S/C13H12FNO2/c1-9-5-10(7-16)11(6-12(9)14)13(15-8-17)3-2-4-13/h5-7H,2-4H2,1H3. The van der Waals surface area contributed by atoms with Crippen molar-refractivity contribution in [2.24, 2.45) is 4.99 Å². The van der Waals surface area contributed by atoms with E-state index in [1.54, 1.807) is 6.92 Å². The summed E-state index contributed by atoms with van der Waals surface area (Å²) < 4.78 is 13.6. The molecule has 1 saturated carbocycles. The molecule has 1 aliphatic carbocycles. The summed E-state index contributed by atoms with van der Waals surface area (Å²) in [6.07, 6.45) is 4.45. The molecule has 0 aliphatic heterocycles. The maximum atomic E-state index is 13.6. The van der Waals surface area contributed by atoms with E-state index in [-0.39, 0.29) is 5.82 Å². The van der Waals surface area contributed by atoms with Crippen LogP contribution in [0, 0.1) is 12.7 Å². The average molecular weight is 233 g/mol. The molecule has 0 aromatic heterocycles. The zero-order chi connectivity index (χ0) is 12.5. The van der Waals surface area contributed by atoms with Gasteiger partial charge in [0.25, 0.3) is 0 Å². The Balaban J connectivity index is 2.61. The number of hydrogen-bond donors (Lipinski definition) is 0. The van der Waals surface area contributed by atoms with E-state index in [9.17, 15) is 14.0 Å². The minimum absolute atomic E-state index is 0.377. The quantitative estimate of drug-likeness (QED) is 0.457. The van der Waals surface area contributed by atoms with Gasteiger partial charge < -0.3 is 0 Å². The zero-order valence-corrected chi connectivity index (χ0v) is 9.50. The predicted molar refractivity (Wildman–Crippen MR) is 60.2 cm³/mol. The first-order valence-corrected chi connectivity index (χ1v) is 5.48. The number of benzene rings is 1. The van der Waals surface area contributed by atoms with E-state index in [0.29, 0.717) is 35.8 Å². The van der Waals surface area contributed by atoms with Gasteiger partial charge in [-0.3, -0.25) is 4.79 Å². The molecule has 0 bridgehead atoms. The third-order valence-electron chi connectivity index (χ3n) is 3.40. The molecule has 4 heteroatoms. The van der Waals surface area contributed by atoms with Crippen LogP contribution >= 0.6 is 0 Å². The van der Waals surface area contributed by atoms with Crippen LogP contribution in [0.4, 0.5) is 4.39 Å². The molecule has 17 heavy (non-hydrogen) atoms. The molecule has 0 radical (unpaired) electrons. The highest BCUT2D eigenvalue weighted by atomic mass is 19.1. The molecule has 3 nitrogen and oxygen atoms in total. The fraction of sp³-hybridized carbons (Fsp3) is 0.385. The first kappa shape index (κ1) is 11.7. The minimum atomic E-state index is -0.730. The van der Waals surface area contributed by atoms with Gasteiger partial charge >= 0.3 is 0 Å². The minimum Gasteiger partial charge on any atom is -0.298 e. The summed E-state index contributed by atoms with van der Waals surface area (Å²) in [5, 5.41) is 0. The molecule has 0 unspecified atom stereocenters. The second-order valence-electron chi connectivity index (χ2n) is 4.39. The topological polar surface area (TPSA) is 46.5 Å². The van der Waals surface area contributed by atoms with E-state index < -0.39 is 5.54 Å². The fourth-order valence-electron chi connectivity index (χ4n) is 2.24. The molecule has 0 spiro atoms. The van der Waals surface area contributed by atoms with Crippen molar-refractivity contribution >= 4 is 12.4 Å². The summed E-state index contributed by atoms with van der Waals surface area (Å²) in [7, 11) is 0. The van der Waals surface area contributed by atoms with Crippen LogP contribution in [0.5, 0.6) is 0 Å². The molecule has 1 aromatic carbocycles. The maximum Gasteiger partial charge on any atom is 0.235 e. The summed E-state index contributed by atoms with van der Waals surface area (Å²) in [6, 6.07) is 2.82. The second-order valence-corrected chi connectivity index (χ2v) is 4.39. The van der Waals surface area contributed by atoms with Crippen LogP contribution in [0.25, 0.3) is 0 Å². The molecular formula is C13H12FNO2. The van der Waals surface area contributed by atoms with Crippen molar-refractivity contribution in [2.45, 2.75) is 31.7 Å². The van der Waals surface area contributed by atoms with Crippen molar-refractivity contribution in [3.05, 3.63) is 34.6 Å². The van der Waals surface area contributed by atoms with Crippen LogP contribution in [0.2, 0.25) is 0 Å². The van der Waals surface area contributed by atoms with E-state index in [1.165, 1.54) is 18.2 Å². The fourth-order valence-corrected chi connectivity index (χ4v) is 2.24. The van der Waals surface area contributed by atoms with Crippen LogP contribution in [0.1, 0.15) is 40.7 Å². The van der Waals surface area contributed by atoms with Crippen LogP contribution in [0.15, 0.2) is 17.1 Å². The van der Waals surface area contributed by atoms with Crippen molar-refractivity contribution in [3.8, 4) is 0 Å². The van der Waals surface area contributed by atoms with Crippen molar-refractivity contribution in [1.82, 2.24) is 0 Å². The number of aryl methyl sites for hydroxylation is 1. The zero-order valence-electron chi connectivity index (χ0n) is 9.50. The number of carbonyl (C=O) groups excluding carboxylic acids is 2. The van der Waals surface area contributed by atoms with Crippen molar-refractivity contribution in [3.63, 3.8) is 0 Å². The Kier molecular flexibility index (Phi) is 2.90. The smallest absolute Gasteiger partial charge is 0.235 e. The highest BCUT2D eigenvalue weighted by molar-refractivity contribution is 5.78. The first-order chi connectivity index (χ1) is 8.13. The van der Waals surface area contributed by atoms with Gasteiger partial charge in [-0.05, 0) is 49.4 Å². The Bertz CT molecular complexity index is 514. The number of carbonyl (C=O) groups is 1. The number of hydrogen-bond acceptors (Lipinski definition) is 3. The number of rotatable bonds is 3. The van der Waals surface area contributed by atoms with Crippen LogP contribution < -0.4 is 0 Å². The molecule has 1 fully saturated rings. The van der Waals surface area contributed by atoms with Crippen molar-refractivity contribution in [2.75, 3.05) is 0 Å². The summed E-state index contributed by atoms with van der Waals surface area (Å²) in [5.41, 5.74) is 0.597. The van der Waals surface area contributed by atoms with Crippen molar-refractivity contribution in [1.29, 1.82) is 0 Å². The summed E-state index contributed by atoms with van der Waals surface area (Å²) in [6.45, 7) is 1.60. The second kappa shape index (κ2) is 4.22. The monoisotopic (exact) mass is 233 g/mol. The van der Waals surface area contributed by atoms with Gasteiger partial charge in [0, 0.05) is 5.56 Å². The van der Waals surface area contributed by atoms with Gasteiger partial charge in [0.1, 0.15) is 12.1 Å². The van der Waals surface area contributed by atoms with Gasteiger partial charge in [-0.2, -0.15) is 4.99 Å². The lowest BCUT2D eigenvalue weighted by molar-refractivity contribution is 0.111. The Labute approximate surface area is 98.4 Å². The number of aldehydes is 1. The first-order valence-electron chi connectivity index (χ1n) is 5.48. The lowest BCUT2D eigenvalue weighted by atomic mass is 9.71. The van der Waals surface area contributed by atoms with Crippen LogP contribution in [-0.4, -0.2) is 12.4 Å². The van der Waals surface area contributed by atoms with Crippen molar-refractivity contribution < 1.29 is 14.0 Å².